The van der Waals surface area contributed by atoms with Crippen molar-refractivity contribution in [2.45, 2.75) is 38.8 Å². The van der Waals surface area contributed by atoms with Gasteiger partial charge in [0.05, 0.1) is 0 Å². The van der Waals surface area contributed by atoms with Gasteiger partial charge in [-0.25, -0.2) is 4.98 Å². The lowest BCUT2D eigenvalue weighted by molar-refractivity contribution is 0.225. The summed E-state index contributed by atoms with van der Waals surface area (Å²) in [5.41, 5.74) is 7.56. The van der Waals surface area contributed by atoms with Crippen LogP contribution >= 0.6 is 11.6 Å². The van der Waals surface area contributed by atoms with Crippen molar-refractivity contribution >= 4 is 40.7 Å². The van der Waals surface area contributed by atoms with Gasteiger partial charge in [-0.05, 0) is 87.2 Å². The van der Waals surface area contributed by atoms with Crippen molar-refractivity contribution in [3.63, 3.8) is 0 Å². The first-order valence-electron chi connectivity index (χ1n) is 13.8. The van der Waals surface area contributed by atoms with Crippen LogP contribution in [0, 0.1) is 6.92 Å². The fourth-order valence-electron chi connectivity index (χ4n) is 5.53. The molecule has 0 radical (unpaired) electrons. The van der Waals surface area contributed by atoms with Crippen molar-refractivity contribution in [3.05, 3.63) is 94.4 Å². The van der Waals surface area contributed by atoms with Crippen molar-refractivity contribution in [3.8, 4) is 11.1 Å². The van der Waals surface area contributed by atoms with Crippen molar-refractivity contribution < 1.29 is 5.11 Å². The number of piperidine rings is 1. The number of nitrogens with zero attached hydrogens (tertiary/aromatic N) is 4. The molecule has 0 spiro atoms. The van der Waals surface area contributed by atoms with Crippen LogP contribution in [0.4, 0.5) is 17.5 Å². The molecule has 0 bridgehead atoms. The molecule has 1 unspecified atom stereocenters. The Kier molecular flexibility index (Phi) is 7.52. The van der Waals surface area contributed by atoms with Crippen molar-refractivity contribution in [1.82, 2.24) is 20.3 Å². The maximum Gasteiger partial charge on any atom is 0.229 e. The van der Waals surface area contributed by atoms with Crippen LogP contribution in [0.2, 0.25) is 5.02 Å². The molecule has 2 aromatic heterocycles. The summed E-state index contributed by atoms with van der Waals surface area (Å²) in [7, 11) is 0. The molecule has 1 atom stereocenters. The first-order valence-corrected chi connectivity index (χ1v) is 14.2. The minimum Gasteiger partial charge on any atom is -0.369 e. The van der Waals surface area contributed by atoms with Crippen molar-refractivity contribution in [1.29, 1.82) is 0 Å². The Morgan fingerprint density at radius 2 is 1.77 bits per heavy atom. The molecule has 4 aromatic rings. The number of aliphatic hydroxyl groups is 1. The Bertz CT molecular complexity index is 1530. The molecule has 2 aliphatic heterocycles. The van der Waals surface area contributed by atoms with E-state index in [9.17, 15) is 5.11 Å². The average Bonchev–Trinajstić information content (AvgIpc) is 2.98. The topological polar surface area (TPSA) is 86.2 Å². The van der Waals surface area contributed by atoms with E-state index in [0.29, 0.717) is 34.8 Å². The summed E-state index contributed by atoms with van der Waals surface area (Å²) >= 11 is 6.77. The summed E-state index contributed by atoms with van der Waals surface area (Å²) in [6, 6.07) is 18.4. The van der Waals surface area contributed by atoms with Crippen molar-refractivity contribution in [2.75, 3.05) is 29.9 Å². The predicted octanol–water partition coefficient (Wildman–Crippen LogP) is 6.41. The van der Waals surface area contributed by atoms with Gasteiger partial charge in [0.1, 0.15) is 5.82 Å². The van der Waals surface area contributed by atoms with Crippen LogP contribution in [0.15, 0.2) is 67.0 Å². The van der Waals surface area contributed by atoms with Crippen LogP contribution in [0.5, 0.6) is 0 Å². The third-order valence-corrected chi connectivity index (χ3v) is 8.11. The van der Waals surface area contributed by atoms with Gasteiger partial charge in [-0.1, -0.05) is 41.9 Å². The van der Waals surface area contributed by atoms with E-state index in [4.69, 9.17) is 16.6 Å². The van der Waals surface area contributed by atoms with Crippen LogP contribution in [0.1, 0.15) is 48.1 Å². The summed E-state index contributed by atoms with van der Waals surface area (Å²) in [5.74, 6) is 1.78. The molecule has 0 amide bonds. The number of pyridine rings is 1. The van der Waals surface area contributed by atoms with E-state index in [1.165, 1.54) is 18.4 Å². The Balaban J connectivity index is 1.25. The Morgan fingerprint density at radius 3 is 2.48 bits per heavy atom. The highest BCUT2D eigenvalue weighted by atomic mass is 35.5. The zero-order valence-electron chi connectivity index (χ0n) is 22.7. The third-order valence-electron chi connectivity index (χ3n) is 7.80. The molecule has 8 heteroatoms. The number of anilines is 3. The number of aromatic nitrogens is 3. The van der Waals surface area contributed by atoms with E-state index >= 15 is 0 Å². The summed E-state index contributed by atoms with van der Waals surface area (Å²) in [6.45, 7) is 6.68. The average molecular weight is 553 g/mol. The quantitative estimate of drug-likeness (QED) is 0.255. The maximum absolute atomic E-state index is 11.4. The van der Waals surface area contributed by atoms with Crippen LogP contribution in [-0.2, 0) is 0 Å². The van der Waals surface area contributed by atoms with Gasteiger partial charge in [0.25, 0.3) is 0 Å². The zero-order valence-corrected chi connectivity index (χ0v) is 23.5. The number of aryl methyl sites for hydroxylation is 1. The van der Waals surface area contributed by atoms with E-state index < -0.39 is 6.23 Å². The molecule has 0 saturated carbocycles. The minimum atomic E-state index is -0.895. The number of halogens is 1. The molecule has 1 saturated heterocycles. The molecule has 0 aliphatic carbocycles. The smallest absolute Gasteiger partial charge is 0.229 e. The predicted molar refractivity (Wildman–Crippen MR) is 163 cm³/mol. The summed E-state index contributed by atoms with van der Waals surface area (Å²) in [6.07, 6.45) is 7.02. The molecule has 6 rings (SSSR count). The first-order chi connectivity index (χ1) is 19.5. The van der Waals surface area contributed by atoms with Crippen LogP contribution in [-0.4, -0.2) is 45.9 Å². The SMILES string of the molecule is CCN1c2nc(Nc3ccc(C4CCNCC4)cc3)ncc2C=C(c2ccc(-c3ccc(C)nc3)cc2Cl)C1O. The van der Waals surface area contributed by atoms with Crippen LogP contribution < -0.4 is 15.5 Å². The highest BCUT2D eigenvalue weighted by Crippen LogP contribution is 2.39. The van der Waals surface area contributed by atoms with E-state index in [-0.39, 0.29) is 0 Å². The number of hydrogen-bond acceptors (Lipinski definition) is 7. The lowest BCUT2D eigenvalue weighted by Crippen LogP contribution is -2.39. The largest absolute Gasteiger partial charge is 0.369 e. The first kappa shape index (κ1) is 26.4. The Labute approximate surface area is 240 Å². The molecule has 1 fully saturated rings. The molecule has 2 aliphatic rings. The number of fused-ring (bicyclic) bond motifs is 1. The van der Waals surface area contributed by atoms with E-state index in [1.807, 2.05) is 61.4 Å². The number of aliphatic hydroxyl groups excluding tert-OH is 1. The van der Waals surface area contributed by atoms with Gasteiger partial charge in [0.2, 0.25) is 5.95 Å². The molecule has 7 nitrogen and oxygen atoms in total. The maximum atomic E-state index is 11.4. The highest BCUT2D eigenvalue weighted by molar-refractivity contribution is 6.33. The monoisotopic (exact) mass is 552 g/mol. The number of nitrogens with one attached hydrogen (secondary N) is 2. The molecule has 3 N–H and O–H groups in total. The van der Waals surface area contributed by atoms with Crippen LogP contribution in [0.3, 0.4) is 0 Å². The standard InChI is InChI=1S/C32H33ClN6O/c1-3-39-30-25(19-36-32(38-30)37-26-9-6-21(7-10-26)22-12-14-34-15-13-22)16-28(31(39)40)27-11-8-23(17-29(27)33)24-5-4-20(2)35-18-24/h4-11,16-19,22,31,34,40H,3,12-15H2,1-2H3,(H,36,37,38). The van der Waals surface area contributed by atoms with Gasteiger partial charge in [-0.15, -0.1) is 0 Å². The van der Waals surface area contributed by atoms with E-state index in [2.05, 4.69) is 44.9 Å². The fraction of sp³-hybridized carbons (Fsp3) is 0.281. The summed E-state index contributed by atoms with van der Waals surface area (Å²) in [5, 5.41) is 18.7. The third kappa shape index (κ3) is 5.32. The summed E-state index contributed by atoms with van der Waals surface area (Å²) in [4.78, 5) is 15.6. The zero-order chi connectivity index (χ0) is 27.6. The molecule has 204 valence electrons. The van der Waals surface area contributed by atoms with Crippen LogP contribution in [0.25, 0.3) is 22.8 Å². The molecular formula is C32H33ClN6O. The fourth-order valence-corrected chi connectivity index (χ4v) is 5.82. The second-order valence-electron chi connectivity index (χ2n) is 10.4. The van der Waals surface area contributed by atoms with Crippen molar-refractivity contribution in [2.24, 2.45) is 0 Å². The minimum absolute atomic E-state index is 0.491. The molecule has 4 heterocycles. The Hall–Kier alpha value is -3.78. The highest BCUT2D eigenvalue weighted by Gasteiger charge is 2.29. The van der Waals surface area contributed by atoms with E-state index in [1.54, 1.807) is 6.20 Å². The van der Waals surface area contributed by atoms with Gasteiger partial charge in [-0.3, -0.25) is 4.98 Å². The lowest BCUT2D eigenvalue weighted by atomic mass is 9.90. The summed E-state index contributed by atoms with van der Waals surface area (Å²) < 4.78 is 0. The van der Waals surface area contributed by atoms with Gasteiger partial charge >= 0.3 is 0 Å². The Morgan fingerprint density at radius 1 is 1.00 bits per heavy atom. The number of rotatable bonds is 6. The van der Waals surface area contributed by atoms with Gasteiger partial charge in [0, 0.05) is 57.6 Å². The molecular weight excluding hydrogens is 520 g/mol. The number of hydrogen-bond donors (Lipinski definition) is 3. The number of benzene rings is 2. The van der Waals surface area contributed by atoms with Gasteiger partial charge < -0.3 is 20.6 Å². The second kappa shape index (κ2) is 11.4. The number of likely N-dealkylation sites (N-methyl/N-ethyl adjacent to an activating group) is 1. The lowest BCUT2D eigenvalue weighted by Gasteiger charge is -2.34. The van der Waals surface area contributed by atoms with Gasteiger partial charge in [-0.2, -0.15) is 4.98 Å². The van der Waals surface area contributed by atoms with E-state index in [0.717, 1.165) is 46.7 Å². The molecule has 2 aromatic carbocycles. The second-order valence-corrected chi connectivity index (χ2v) is 10.8. The normalized spacial score (nSPS) is 17.4. The van der Waals surface area contributed by atoms with Gasteiger partial charge in [0.15, 0.2) is 6.23 Å². The molecule has 40 heavy (non-hydrogen) atoms.